The summed E-state index contributed by atoms with van der Waals surface area (Å²) >= 11 is 3.13. The molecule has 0 aliphatic carbocycles. The molecule has 2 rings (SSSR count). The monoisotopic (exact) mass is 405 g/mol. The van der Waals surface area contributed by atoms with Crippen LogP contribution in [0.3, 0.4) is 0 Å². The highest BCUT2D eigenvalue weighted by Gasteiger charge is 2.38. The summed E-state index contributed by atoms with van der Waals surface area (Å²) in [6, 6.07) is 5.21. The number of ether oxygens (including phenoxy) is 1. The third kappa shape index (κ3) is 4.20. The van der Waals surface area contributed by atoms with Crippen LogP contribution in [-0.4, -0.2) is 35.1 Å². The average molecular weight is 406 g/mol. The molecule has 10 heteroatoms. The van der Waals surface area contributed by atoms with Crippen LogP contribution in [0, 0.1) is 0 Å². The van der Waals surface area contributed by atoms with Gasteiger partial charge in [-0.25, -0.2) is 15.0 Å². The first-order valence-electron chi connectivity index (χ1n) is 6.42. The van der Waals surface area contributed by atoms with E-state index < -0.39 is 23.3 Å². The minimum Gasteiger partial charge on any atom is -0.437 e. The summed E-state index contributed by atoms with van der Waals surface area (Å²) < 4.78 is 45.4. The predicted octanol–water partition coefficient (Wildman–Crippen LogP) is 3.68. The minimum atomic E-state index is -4.84. The maximum atomic E-state index is 13.2. The Morgan fingerprint density at radius 1 is 1.25 bits per heavy atom. The highest BCUT2D eigenvalue weighted by Crippen LogP contribution is 2.33. The highest BCUT2D eigenvalue weighted by atomic mass is 79.9. The molecule has 2 aromatic heterocycles. The summed E-state index contributed by atoms with van der Waals surface area (Å²) in [6.45, 7) is 0. The number of pyridine rings is 2. The van der Waals surface area contributed by atoms with Gasteiger partial charge in [-0.1, -0.05) is 0 Å². The standard InChI is InChI=1S/C14H11BrF3N3O3/c1-21(23-2)13(22)9-4-6-11(20-12(9)14(16,17)18)24-8-3-5-10(15)19-7-8/h3-7H,1-2H3. The Labute approximate surface area is 143 Å². The Kier molecular flexibility index (Phi) is 5.40. The molecule has 0 saturated carbocycles. The van der Waals surface area contributed by atoms with Gasteiger partial charge in [0.15, 0.2) is 5.69 Å². The zero-order chi connectivity index (χ0) is 17.9. The molecule has 0 aromatic carbocycles. The Balaban J connectivity index is 2.39. The van der Waals surface area contributed by atoms with Crippen molar-refractivity contribution in [2.45, 2.75) is 6.18 Å². The van der Waals surface area contributed by atoms with E-state index in [0.29, 0.717) is 9.67 Å². The highest BCUT2D eigenvalue weighted by molar-refractivity contribution is 9.10. The number of carbonyl (C=O) groups excluding carboxylic acids is 1. The fourth-order valence-corrected chi connectivity index (χ4v) is 1.92. The molecule has 24 heavy (non-hydrogen) atoms. The number of amides is 1. The summed E-state index contributed by atoms with van der Waals surface area (Å²) in [5, 5.41) is 0.672. The summed E-state index contributed by atoms with van der Waals surface area (Å²) in [6.07, 6.45) is -3.52. The summed E-state index contributed by atoms with van der Waals surface area (Å²) in [5.74, 6) is -1.09. The molecule has 0 atom stereocenters. The molecule has 0 N–H and O–H groups in total. The SMILES string of the molecule is CON(C)C(=O)c1ccc(Oc2ccc(Br)nc2)nc1C(F)(F)F. The molecule has 0 bridgehead atoms. The molecular formula is C14H11BrF3N3O3. The number of hydroxylamine groups is 2. The fraction of sp³-hybridized carbons (Fsp3) is 0.214. The van der Waals surface area contributed by atoms with Gasteiger partial charge in [-0.3, -0.25) is 9.63 Å². The van der Waals surface area contributed by atoms with E-state index in [2.05, 4.69) is 30.7 Å². The topological polar surface area (TPSA) is 64.5 Å². The van der Waals surface area contributed by atoms with Crippen molar-refractivity contribution in [3.8, 4) is 11.6 Å². The quantitative estimate of drug-likeness (QED) is 0.573. The summed E-state index contributed by atoms with van der Waals surface area (Å²) in [7, 11) is 2.36. The van der Waals surface area contributed by atoms with Gasteiger partial charge in [0.2, 0.25) is 5.88 Å². The van der Waals surface area contributed by atoms with E-state index >= 15 is 0 Å². The van der Waals surface area contributed by atoms with E-state index in [-0.39, 0.29) is 11.6 Å². The van der Waals surface area contributed by atoms with Gasteiger partial charge >= 0.3 is 6.18 Å². The van der Waals surface area contributed by atoms with Gasteiger partial charge in [0.25, 0.3) is 5.91 Å². The third-order valence-corrected chi connectivity index (χ3v) is 3.32. The van der Waals surface area contributed by atoms with Crippen molar-refractivity contribution >= 4 is 21.8 Å². The van der Waals surface area contributed by atoms with Crippen molar-refractivity contribution in [1.29, 1.82) is 0 Å². The Morgan fingerprint density at radius 3 is 2.50 bits per heavy atom. The zero-order valence-electron chi connectivity index (χ0n) is 12.5. The zero-order valence-corrected chi connectivity index (χ0v) is 14.1. The molecule has 0 aliphatic rings. The van der Waals surface area contributed by atoms with Crippen LogP contribution in [0.25, 0.3) is 0 Å². The minimum absolute atomic E-state index is 0.201. The number of hydrogen-bond donors (Lipinski definition) is 0. The van der Waals surface area contributed by atoms with Crippen LogP contribution in [0.4, 0.5) is 13.2 Å². The smallest absolute Gasteiger partial charge is 0.434 e. The number of halogens is 4. The van der Waals surface area contributed by atoms with Gasteiger partial charge < -0.3 is 4.74 Å². The van der Waals surface area contributed by atoms with Crippen LogP contribution in [-0.2, 0) is 11.0 Å². The van der Waals surface area contributed by atoms with Gasteiger partial charge in [-0.15, -0.1) is 0 Å². The van der Waals surface area contributed by atoms with Crippen molar-refractivity contribution in [1.82, 2.24) is 15.0 Å². The Morgan fingerprint density at radius 2 is 1.96 bits per heavy atom. The molecule has 0 saturated heterocycles. The molecule has 0 radical (unpaired) electrons. The van der Waals surface area contributed by atoms with Crippen molar-refractivity contribution in [2.75, 3.05) is 14.2 Å². The lowest BCUT2D eigenvalue weighted by Gasteiger charge is -2.17. The number of alkyl halides is 3. The van der Waals surface area contributed by atoms with Crippen molar-refractivity contribution in [3.63, 3.8) is 0 Å². The molecule has 0 spiro atoms. The number of rotatable bonds is 4. The molecule has 0 unspecified atom stereocenters. The first-order chi connectivity index (χ1) is 11.2. The number of carbonyl (C=O) groups is 1. The second kappa shape index (κ2) is 7.14. The normalized spacial score (nSPS) is 11.2. The fourth-order valence-electron chi connectivity index (χ4n) is 1.68. The number of aromatic nitrogens is 2. The lowest BCUT2D eigenvalue weighted by atomic mass is 10.1. The van der Waals surface area contributed by atoms with E-state index in [0.717, 1.165) is 19.2 Å². The largest absolute Gasteiger partial charge is 0.437 e. The van der Waals surface area contributed by atoms with E-state index in [4.69, 9.17) is 4.74 Å². The second-order valence-electron chi connectivity index (χ2n) is 4.45. The van der Waals surface area contributed by atoms with Gasteiger partial charge in [0.05, 0.1) is 18.9 Å². The molecule has 6 nitrogen and oxygen atoms in total. The molecule has 1 amide bonds. The summed E-state index contributed by atoms with van der Waals surface area (Å²) in [5.41, 5.74) is -2.01. The summed E-state index contributed by atoms with van der Waals surface area (Å²) in [4.78, 5) is 23.9. The first kappa shape index (κ1) is 18.1. The van der Waals surface area contributed by atoms with Gasteiger partial charge in [0.1, 0.15) is 10.4 Å². The lowest BCUT2D eigenvalue weighted by Crippen LogP contribution is -2.28. The molecule has 2 aromatic rings. The number of nitrogens with zero attached hydrogens (tertiary/aromatic N) is 3. The lowest BCUT2D eigenvalue weighted by molar-refractivity contribution is -0.142. The van der Waals surface area contributed by atoms with Crippen molar-refractivity contribution in [2.24, 2.45) is 0 Å². The maximum Gasteiger partial charge on any atom is 0.434 e. The van der Waals surface area contributed by atoms with Crippen molar-refractivity contribution < 1.29 is 27.5 Å². The van der Waals surface area contributed by atoms with Crippen LogP contribution in [0.1, 0.15) is 16.1 Å². The van der Waals surface area contributed by atoms with Crippen LogP contribution in [0.5, 0.6) is 11.6 Å². The molecule has 2 heterocycles. The van der Waals surface area contributed by atoms with E-state index in [1.54, 1.807) is 6.07 Å². The van der Waals surface area contributed by atoms with E-state index in [1.807, 2.05) is 0 Å². The molecule has 0 fully saturated rings. The average Bonchev–Trinajstić information content (AvgIpc) is 2.54. The Bertz CT molecular complexity index is 738. The van der Waals surface area contributed by atoms with Gasteiger partial charge in [0, 0.05) is 13.1 Å². The first-order valence-corrected chi connectivity index (χ1v) is 7.21. The maximum absolute atomic E-state index is 13.2. The molecular weight excluding hydrogens is 395 g/mol. The van der Waals surface area contributed by atoms with E-state index in [9.17, 15) is 18.0 Å². The number of hydrogen-bond acceptors (Lipinski definition) is 5. The van der Waals surface area contributed by atoms with Crippen LogP contribution in [0.2, 0.25) is 0 Å². The molecule has 128 valence electrons. The predicted molar refractivity (Wildman–Crippen MR) is 80.4 cm³/mol. The van der Waals surface area contributed by atoms with Crippen LogP contribution < -0.4 is 4.74 Å². The second-order valence-corrected chi connectivity index (χ2v) is 5.26. The Hall–Kier alpha value is -2.20. The van der Waals surface area contributed by atoms with Crippen LogP contribution >= 0.6 is 15.9 Å². The van der Waals surface area contributed by atoms with Crippen molar-refractivity contribution in [3.05, 3.63) is 46.3 Å². The van der Waals surface area contributed by atoms with Gasteiger partial charge in [-0.2, -0.15) is 13.2 Å². The van der Waals surface area contributed by atoms with Crippen LogP contribution in [0.15, 0.2) is 35.1 Å². The third-order valence-electron chi connectivity index (χ3n) is 2.85. The molecule has 0 aliphatic heterocycles. The van der Waals surface area contributed by atoms with E-state index in [1.165, 1.54) is 19.3 Å². The van der Waals surface area contributed by atoms with Gasteiger partial charge in [-0.05, 0) is 34.1 Å².